The van der Waals surface area contributed by atoms with Crippen LogP contribution >= 0.6 is 0 Å². The maximum atomic E-state index is 10.4. The molecule has 0 aliphatic carbocycles. The van der Waals surface area contributed by atoms with E-state index in [4.69, 9.17) is 4.74 Å². The molecule has 1 heterocycles. The summed E-state index contributed by atoms with van der Waals surface area (Å²) >= 11 is 0. The minimum absolute atomic E-state index is 0.163. The minimum Gasteiger partial charge on any atom is -0.508 e. The van der Waals surface area contributed by atoms with Gasteiger partial charge in [-0.25, -0.2) is 0 Å². The Morgan fingerprint density at radius 2 is 1.32 bits per heavy atom. The van der Waals surface area contributed by atoms with Crippen LogP contribution in [0.1, 0.15) is 44.5 Å². The standard InChI is InChI=1S/C34H32O3/c1-19-11-25(12-20(2)23(19)5)9-7-8-10-29-18-31-24(6)30(26-13-21(3)34(36)22(4)14-26)16-27-15-28(35)17-32(37-29)33(27)31/h7-18,35-36H,1-6H3/b9-7+,10-8+. The maximum absolute atomic E-state index is 10.4. The van der Waals surface area contributed by atoms with Crippen molar-refractivity contribution in [2.45, 2.75) is 41.5 Å². The van der Waals surface area contributed by atoms with Gasteiger partial charge >= 0.3 is 0 Å². The first-order valence-electron chi connectivity index (χ1n) is 12.6. The number of rotatable bonds is 4. The molecule has 0 aromatic heterocycles. The summed E-state index contributed by atoms with van der Waals surface area (Å²) in [5.41, 5.74) is 11.1. The molecule has 2 N–H and O–H groups in total. The lowest BCUT2D eigenvalue weighted by atomic mass is 9.88. The summed E-state index contributed by atoms with van der Waals surface area (Å²) in [6.45, 7) is 12.4. The molecule has 0 unspecified atom stereocenters. The van der Waals surface area contributed by atoms with Gasteiger partial charge in [-0.3, -0.25) is 0 Å². The third-order valence-electron chi connectivity index (χ3n) is 7.42. The molecule has 4 aromatic carbocycles. The van der Waals surface area contributed by atoms with Crippen molar-refractivity contribution in [3.63, 3.8) is 0 Å². The molecule has 186 valence electrons. The van der Waals surface area contributed by atoms with E-state index in [0.717, 1.165) is 44.2 Å². The average Bonchev–Trinajstić information content (AvgIpc) is 2.84. The monoisotopic (exact) mass is 488 g/mol. The van der Waals surface area contributed by atoms with Crippen molar-refractivity contribution in [2.24, 2.45) is 0 Å². The van der Waals surface area contributed by atoms with E-state index in [1.54, 1.807) is 12.1 Å². The molecule has 0 bridgehead atoms. The Balaban J connectivity index is 1.56. The van der Waals surface area contributed by atoms with Crippen molar-refractivity contribution >= 4 is 22.9 Å². The van der Waals surface area contributed by atoms with Gasteiger partial charge in [0.15, 0.2) is 0 Å². The molecule has 1 aliphatic rings. The molecule has 0 saturated heterocycles. The van der Waals surface area contributed by atoms with Crippen LogP contribution in [-0.4, -0.2) is 10.2 Å². The fourth-order valence-corrected chi connectivity index (χ4v) is 5.16. The number of benzene rings is 4. The molecule has 0 fully saturated rings. The molecule has 0 saturated carbocycles. The van der Waals surface area contributed by atoms with Crippen LogP contribution < -0.4 is 4.74 Å². The lowest BCUT2D eigenvalue weighted by molar-refractivity contribution is 0.438. The number of phenolic OH excluding ortho intramolecular Hbond substituents is 2. The van der Waals surface area contributed by atoms with E-state index < -0.39 is 0 Å². The van der Waals surface area contributed by atoms with E-state index >= 15 is 0 Å². The number of hydrogen-bond acceptors (Lipinski definition) is 3. The highest BCUT2D eigenvalue weighted by Gasteiger charge is 2.20. The third kappa shape index (κ3) is 4.53. The Morgan fingerprint density at radius 1 is 0.676 bits per heavy atom. The zero-order chi connectivity index (χ0) is 26.4. The van der Waals surface area contributed by atoms with Crippen molar-refractivity contribution in [1.29, 1.82) is 0 Å². The smallest absolute Gasteiger partial charge is 0.139 e. The Labute approximate surface area is 218 Å². The van der Waals surface area contributed by atoms with Crippen LogP contribution in [0.2, 0.25) is 0 Å². The first kappa shape index (κ1) is 24.5. The summed E-state index contributed by atoms with van der Waals surface area (Å²) in [7, 11) is 0. The fourth-order valence-electron chi connectivity index (χ4n) is 5.16. The lowest BCUT2D eigenvalue weighted by Gasteiger charge is -2.22. The van der Waals surface area contributed by atoms with Gasteiger partial charge in [0.1, 0.15) is 23.0 Å². The molecule has 3 heteroatoms. The van der Waals surface area contributed by atoms with Crippen LogP contribution in [0.4, 0.5) is 0 Å². The summed E-state index contributed by atoms with van der Waals surface area (Å²) in [5, 5.41) is 22.6. The molecule has 3 nitrogen and oxygen atoms in total. The normalized spacial score (nSPS) is 13.0. The van der Waals surface area contributed by atoms with Crippen molar-refractivity contribution in [3.8, 4) is 28.4 Å². The number of ether oxygens (including phenoxy) is 1. The predicted octanol–water partition coefficient (Wildman–Crippen LogP) is 8.77. The first-order valence-corrected chi connectivity index (χ1v) is 12.6. The van der Waals surface area contributed by atoms with Crippen LogP contribution in [-0.2, 0) is 0 Å². The van der Waals surface area contributed by atoms with Gasteiger partial charge in [-0.2, -0.15) is 0 Å². The van der Waals surface area contributed by atoms with Crippen molar-refractivity contribution in [2.75, 3.05) is 0 Å². The fraction of sp³-hybridized carbons (Fsp3) is 0.176. The van der Waals surface area contributed by atoms with Crippen LogP contribution in [0.5, 0.6) is 17.2 Å². The van der Waals surface area contributed by atoms with Crippen molar-refractivity contribution in [1.82, 2.24) is 0 Å². The number of aryl methyl sites for hydroxylation is 4. The zero-order valence-corrected chi connectivity index (χ0v) is 22.2. The second-order valence-corrected chi connectivity index (χ2v) is 10.1. The maximum Gasteiger partial charge on any atom is 0.139 e. The molecule has 0 amide bonds. The van der Waals surface area contributed by atoms with E-state index in [2.05, 4.69) is 58.0 Å². The van der Waals surface area contributed by atoms with Crippen LogP contribution in [0.25, 0.3) is 34.1 Å². The van der Waals surface area contributed by atoms with E-state index in [9.17, 15) is 10.2 Å². The Hall–Kier alpha value is -4.24. The van der Waals surface area contributed by atoms with Gasteiger partial charge in [0, 0.05) is 11.5 Å². The highest BCUT2D eigenvalue weighted by Crippen LogP contribution is 2.44. The average molecular weight is 489 g/mol. The van der Waals surface area contributed by atoms with Gasteiger partial charge in [0.2, 0.25) is 0 Å². The Morgan fingerprint density at radius 3 is 2.00 bits per heavy atom. The molecule has 37 heavy (non-hydrogen) atoms. The molecular formula is C34H32O3. The van der Waals surface area contributed by atoms with Gasteiger partial charge < -0.3 is 14.9 Å². The van der Waals surface area contributed by atoms with Crippen LogP contribution in [0.3, 0.4) is 0 Å². The number of hydrogen-bond donors (Lipinski definition) is 2. The molecule has 0 spiro atoms. The highest BCUT2D eigenvalue weighted by molar-refractivity contribution is 6.02. The number of phenols is 2. The second-order valence-electron chi connectivity index (χ2n) is 10.1. The topological polar surface area (TPSA) is 49.7 Å². The number of allylic oxidation sites excluding steroid dienone is 3. The lowest BCUT2D eigenvalue weighted by Crippen LogP contribution is -2.02. The molecule has 5 rings (SSSR count). The van der Waals surface area contributed by atoms with E-state index in [0.29, 0.717) is 17.3 Å². The summed E-state index contributed by atoms with van der Waals surface area (Å²) in [6.07, 6.45) is 10.1. The molecule has 0 atom stereocenters. The summed E-state index contributed by atoms with van der Waals surface area (Å²) in [6, 6.07) is 14.0. The largest absolute Gasteiger partial charge is 0.508 e. The van der Waals surface area contributed by atoms with Gasteiger partial charge in [-0.05, 0) is 139 Å². The third-order valence-corrected chi connectivity index (χ3v) is 7.42. The Bertz CT molecular complexity index is 1620. The van der Waals surface area contributed by atoms with Crippen molar-refractivity contribution < 1.29 is 14.9 Å². The van der Waals surface area contributed by atoms with Gasteiger partial charge in [0.25, 0.3) is 0 Å². The molecule has 1 aliphatic heterocycles. The summed E-state index contributed by atoms with van der Waals surface area (Å²) in [4.78, 5) is 0. The van der Waals surface area contributed by atoms with Crippen LogP contribution in [0, 0.1) is 41.5 Å². The summed E-state index contributed by atoms with van der Waals surface area (Å²) < 4.78 is 6.19. The van der Waals surface area contributed by atoms with Gasteiger partial charge in [0.05, 0.1) is 0 Å². The van der Waals surface area contributed by atoms with Gasteiger partial charge in [-0.15, -0.1) is 0 Å². The molecular weight excluding hydrogens is 456 g/mol. The van der Waals surface area contributed by atoms with Crippen molar-refractivity contribution in [3.05, 3.63) is 111 Å². The molecule has 4 aromatic rings. The first-order chi connectivity index (χ1) is 17.6. The van der Waals surface area contributed by atoms with Gasteiger partial charge in [-0.1, -0.05) is 30.4 Å². The SMILES string of the molecule is Cc1cc(/C=C/C=C/C2=Cc3c(C)c(-c4cc(C)c(O)c(C)c4)cc4cc(O)cc(c34)O2)cc(C)c1C. The minimum atomic E-state index is 0.163. The number of aromatic hydroxyl groups is 2. The van der Waals surface area contributed by atoms with E-state index in [1.807, 2.05) is 44.2 Å². The van der Waals surface area contributed by atoms with E-state index in [1.165, 1.54) is 22.3 Å². The van der Waals surface area contributed by atoms with E-state index in [-0.39, 0.29) is 5.75 Å². The summed E-state index contributed by atoms with van der Waals surface area (Å²) in [5.74, 6) is 1.84. The molecule has 0 radical (unpaired) electrons. The zero-order valence-electron chi connectivity index (χ0n) is 22.2. The second kappa shape index (κ2) is 9.33. The predicted molar refractivity (Wildman–Crippen MR) is 154 cm³/mol. The highest BCUT2D eigenvalue weighted by atomic mass is 16.5. The van der Waals surface area contributed by atoms with Crippen LogP contribution in [0.15, 0.2) is 66.5 Å². The quantitative estimate of drug-likeness (QED) is 0.282. The Kier molecular flexibility index (Phi) is 6.16.